The van der Waals surface area contributed by atoms with Gasteiger partial charge in [0.1, 0.15) is 5.78 Å². The first-order chi connectivity index (χ1) is 8.18. The molecule has 0 radical (unpaired) electrons. The summed E-state index contributed by atoms with van der Waals surface area (Å²) in [7, 11) is 0. The Morgan fingerprint density at radius 3 is 2.00 bits per heavy atom. The van der Waals surface area contributed by atoms with Crippen LogP contribution >= 0.6 is 0 Å². The highest BCUT2D eigenvalue weighted by atomic mass is 16.2. The summed E-state index contributed by atoms with van der Waals surface area (Å²) < 4.78 is 0. The maximum absolute atomic E-state index is 12.3. The van der Waals surface area contributed by atoms with Crippen molar-refractivity contribution in [3.05, 3.63) is 0 Å². The molecular weight excluding hydrogens is 214 g/mol. The van der Waals surface area contributed by atoms with E-state index in [0.717, 1.165) is 38.8 Å². The molecule has 1 saturated carbocycles. The number of carbonyl (C=O) groups excluding carboxylic acids is 2. The van der Waals surface area contributed by atoms with Crippen molar-refractivity contribution in [2.24, 2.45) is 11.8 Å². The Kier molecular flexibility index (Phi) is 4.19. The third kappa shape index (κ3) is 3.08. The van der Waals surface area contributed by atoms with Gasteiger partial charge in [-0.05, 0) is 32.6 Å². The number of carbonyl (C=O) groups is 2. The van der Waals surface area contributed by atoms with Gasteiger partial charge in [-0.25, -0.2) is 0 Å². The van der Waals surface area contributed by atoms with Crippen LogP contribution in [0.15, 0.2) is 0 Å². The molecule has 0 atom stereocenters. The number of nitrogens with zero attached hydrogens (tertiary/aromatic N) is 1. The molecule has 0 aromatic rings. The molecule has 2 rings (SSSR count). The standard InChI is InChI=1S/C14H23NO2/c1-11(16)12-7-9-15(10-8-12)14(17)13-5-3-2-4-6-13/h12-13H,2-10H2,1H3. The Hall–Kier alpha value is -0.860. The first-order valence-corrected chi connectivity index (χ1v) is 6.97. The summed E-state index contributed by atoms with van der Waals surface area (Å²) in [4.78, 5) is 25.5. The van der Waals surface area contributed by atoms with Crippen molar-refractivity contribution in [2.75, 3.05) is 13.1 Å². The quantitative estimate of drug-likeness (QED) is 0.739. The molecule has 3 nitrogen and oxygen atoms in total. The minimum atomic E-state index is 0.199. The van der Waals surface area contributed by atoms with Gasteiger partial charge in [0.15, 0.2) is 0 Å². The third-order valence-corrected chi connectivity index (χ3v) is 4.34. The third-order valence-electron chi connectivity index (χ3n) is 4.34. The number of Topliss-reactive ketones (excluding diaryl/α,β-unsaturated/α-hetero) is 1. The van der Waals surface area contributed by atoms with E-state index in [1.54, 1.807) is 6.92 Å². The van der Waals surface area contributed by atoms with E-state index in [2.05, 4.69) is 0 Å². The fraction of sp³-hybridized carbons (Fsp3) is 0.857. The second-order valence-corrected chi connectivity index (χ2v) is 5.55. The Morgan fingerprint density at radius 2 is 1.47 bits per heavy atom. The maximum atomic E-state index is 12.3. The van der Waals surface area contributed by atoms with Crippen molar-refractivity contribution in [1.29, 1.82) is 0 Å². The Morgan fingerprint density at radius 1 is 0.882 bits per heavy atom. The SMILES string of the molecule is CC(=O)C1CCN(C(=O)C2CCCCC2)CC1. The zero-order chi connectivity index (χ0) is 12.3. The molecule has 1 heterocycles. The molecule has 1 aliphatic heterocycles. The summed E-state index contributed by atoms with van der Waals surface area (Å²) in [6, 6.07) is 0. The highest BCUT2D eigenvalue weighted by Crippen LogP contribution is 2.27. The smallest absolute Gasteiger partial charge is 0.225 e. The molecule has 1 saturated heterocycles. The molecule has 96 valence electrons. The summed E-state index contributed by atoms with van der Waals surface area (Å²) in [5.41, 5.74) is 0. The van der Waals surface area contributed by atoms with Crippen LogP contribution in [-0.4, -0.2) is 29.7 Å². The lowest BCUT2D eigenvalue weighted by Gasteiger charge is -2.34. The lowest BCUT2D eigenvalue weighted by atomic mass is 9.87. The lowest BCUT2D eigenvalue weighted by Crippen LogP contribution is -2.43. The molecule has 0 N–H and O–H groups in total. The Bertz CT molecular complexity index is 287. The highest BCUT2D eigenvalue weighted by molar-refractivity contribution is 5.81. The average Bonchev–Trinajstić information content (AvgIpc) is 2.39. The molecule has 1 amide bonds. The van der Waals surface area contributed by atoms with Crippen molar-refractivity contribution in [3.63, 3.8) is 0 Å². The fourth-order valence-electron chi connectivity index (χ4n) is 3.11. The van der Waals surface area contributed by atoms with Gasteiger partial charge in [-0.2, -0.15) is 0 Å². The molecule has 0 aromatic carbocycles. The number of piperidine rings is 1. The number of ketones is 1. The van der Waals surface area contributed by atoms with Gasteiger partial charge in [-0.3, -0.25) is 9.59 Å². The van der Waals surface area contributed by atoms with Crippen LogP contribution in [0.1, 0.15) is 51.9 Å². The fourth-order valence-corrected chi connectivity index (χ4v) is 3.11. The molecular formula is C14H23NO2. The summed E-state index contributed by atoms with van der Waals surface area (Å²) in [6.45, 7) is 3.25. The van der Waals surface area contributed by atoms with Gasteiger partial charge < -0.3 is 4.90 Å². The van der Waals surface area contributed by atoms with Crippen molar-refractivity contribution in [1.82, 2.24) is 4.90 Å². The van der Waals surface area contributed by atoms with E-state index >= 15 is 0 Å². The normalized spacial score (nSPS) is 23.7. The highest BCUT2D eigenvalue weighted by Gasteiger charge is 2.30. The number of hydrogen-bond donors (Lipinski definition) is 0. The van der Waals surface area contributed by atoms with E-state index in [9.17, 15) is 9.59 Å². The molecule has 2 aliphatic rings. The van der Waals surface area contributed by atoms with E-state index < -0.39 is 0 Å². The minimum absolute atomic E-state index is 0.199. The Labute approximate surface area is 104 Å². The topological polar surface area (TPSA) is 37.4 Å². The summed E-state index contributed by atoms with van der Waals surface area (Å²) >= 11 is 0. The maximum Gasteiger partial charge on any atom is 0.225 e. The summed E-state index contributed by atoms with van der Waals surface area (Å²) in [5.74, 6) is 1.12. The van der Waals surface area contributed by atoms with E-state index in [-0.39, 0.29) is 17.6 Å². The zero-order valence-corrected chi connectivity index (χ0v) is 10.8. The van der Waals surface area contributed by atoms with E-state index in [1.807, 2.05) is 4.90 Å². The van der Waals surface area contributed by atoms with E-state index in [1.165, 1.54) is 19.3 Å². The van der Waals surface area contributed by atoms with Gasteiger partial charge >= 0.3 is 0 Å². The van der Waals surface area contributed by atoms with Crippen LogP contribution in [0.4, 0.5) is 0 Å². The van der Waals surface area contributed by atoms with Gasteiger partial charge in [0.2, 0.25) is 5.91 Å². The van der Waals surface area contributed by atoms with Crippen LogP contribution in [0.2, 0.25) is 0 Å². The summed E-state index contributed by atoms with van der Waals surface area (Å²) in [6.07, 6.45) is 7.59. The van der Waals surface area contributed by atoms with Crippen molar-refractivity contribution in [2.45, 2.75) is 51.9 Å². The van der Waals surface area contributed by atoms with Crippen LogP contribution in [0.3, 0.4) is 0 Å². The van der Waals surface area contributed by atoms with Gasteiger partial charge in [-0.15, -0.1) is 0 Å². The zero-order valence-electron chi connectivity index (χ0n) is 10.8. The van der Waals surface area contributed by atoms with Gasteiger partial charge in [0.25, 0.3) is 0 Å². The van der Waals surface area contributed by atoms with Crippen LogP contribution in [0.25, 0.3) is 0 Å². The van der Waals surface area contributed by atoms with Crippen molar-refractivity contribution in [3.8, 4) is 0 Å². The molecule has 2 fully saturated rings. The first-order valence-electron chi connectivity index (χ1n) is 6.97. The van der Waals surface area contributed by atoms with Crippen molar-refractivity contribution >= 4 is 11.7 Å². The van der Waals surface area contributed by atoms with Gasteiger partial charge in [0.05, 0.1) is 0 Å². The second kappa shape index (κ2) is 5.65. The number of amides is 1. The number of hydrogen-bond acceptors (Lipinski definition) is 2. The monoisotopic (exact) mass is 237 g/mol. The van der Waals surface area contributed by atoms with Gasteiger partial charge in [0, 0.05) is 24.9 Å². The molecule has 3 heteroatoms. The molecule has 0 aromatic heterocycles. The van der Waals surface area contributed by atoms with E-state index in [0.29, 0.717) is 5.91 Å². The lowest BCUT2D eigenvalue weighted by molar-refractivity contribution is -0.139. The molecule has 17 heavy (non-hydrogen) atoms. The largest absolute Gasteiger partial charge is 0.342 e. The van der Waals surface area contributed by atoms with Gasteiger partial charge in [-0.1, -0.05) is 19.3 Å². The predicted octanol–water partition coefficient (Wildman–Crippen LogP) is 2.39. The molecule has 1 aliphatic carbocycles. The molecule has 0 unspecified atom stereocenters. The van der Waals surface area contributed by atoms with Crippen LogP contribution in [0.5, 0.6) is 0 Å². The number of rotatable bonds is 2. The molecule has 0 spiro atoms. The predicted molar refractivity (Wildman–Crippen MR) is 66.6 cm³/mol. The van der Waals surface area contributed by atoms with Crippen LogP contribution in [-0.2, 0) is 9.59 Å². The summed E-state index contributed by atoms with van der Waals surface area (Å²) in [5, 5.41) is 0. The average molecular weight is 237 g/mol. The Balaban J connectivity index is 1.83. The van der Waals surface area contributed by atoms with Crippen LogP contribution in [0, 0.1) is 11.8 Å². The van der Waals surface area contributed by atoms with Crippen LogP contribution < -0.4 is 0 Å². The van der Waals surface area contributed by atoms with E-state index in [4.69, 9.17) is 0 Å². The number of likely N-dealkylation sites (tertiary alicyclic amines) is 1. The second-order valence-electron chi connectivity index (χ2n) is 5.55. The molecule has 0 bridgehead atoms. The first kappa shape index (κ1) is 12.6. The minimum Gasteiger partial charge on any atom is -0.342 e. The van der Waals surface area contributed by atoms with Crippen molar-refractivity contribution < 1.29 is 9.59 Å².